The highest BCUT2D eigenvalue weighted by molar-refractivity contribution is 6.25. The zero-order chi connectivity index (χ0) is 30.6. The molecule has 3 aliphatic heterocycles. The lowest BCUT2D eigenvalue weighted by Gasteiger charge is -2.25. The van der Waals surface area contributed by atoms with Crippen molar-refractivity contribution < 1.29 is 41.1 Å². The van der Waals surface area contributed by atoms with Crippen LogP contribution in [0.15, 0.2) is 70.0 Å². The van der Waals surface area contributed by atoms with Gasteiger partial charge in [-0.2, -0.15) is 10.2 Å². The highest BCUT2D eigenvalue weighted by atomic mass is 19.2. The molecule has 1 saturated heterocycles. The van der Waals surface area contributed by atoms with E-state index < -0.39 is 77.2 Å². The first-order valence-corrected chi connectivity index (χ1v) is 12.8. The number of nitrogens with zero attached hydrogens (tertiary/aromatic N) is 6. The molecule has 0 unspecified atom stereocenters. The van der Waals surface area contributed by atoms with Gasteiger partial charge in [-0.15, -0.1) is 0 Å². The van der Waals surface area contributed by atoms with Crippen molar-refractivity contribution in [2.45, 2.75) is 24.5 Å². The van der Waals surface area contributed by atoms with Crippen LogP contribution in [0.5, 0.6) is 5.75 Å². The van der Waals surface area contributed by atoms with Crippen LogP contribution < -0.4 is 9.64 Å². The Labute approximate surface area is 239 Å². The van der Waals surface area contributed by atoms with E-state index in [0.29, 0.717) is 17.9 Å². The van der Waals surface area contributed by atoms with Gasteiger partial charge in [-0.25, -0.2) is 31.9 Å². The van der Waals surface area contributed by atoms with Crippen molar-refractivity contribution in [1.29, 1.82) is 0 Å². The lowest BCUT2D eigenvalue weighted by molar-refractivity contribution is -0.135. The first kappa shape index (κ1) is 27.9. The van der Waals surface area contributed by atoms with Crippen molar-refractivity contribution in [3.63, 3.8) is 0 Å². The largest absolute Gasteiger partial charge is 0.497 e. The van der Waals surface area contributed by atoms with Gasteiger partial charge < -0.3 is 4.74 Å². The van der Waals surface area contributed by atoms with Crippen LogP contribution in [0, 0.1) is 29.1 Å². The third-order valence-electron chi connectivity index (χ3n) is 7.34. The predicted octanol–water partition coefficient (Wildman–Crippen LogP) is 4.06. The van der Waals surface area contributed by atoms with Crippen LogP contribution in [-0.4, -0.2) is 59.2 Å². The number of rotatable bonds is 6. The van der Waals surface area contributed by atoms with Gasteiger partial charge >= 0.3 is 0 Å². The van der Waals surface area contributed by atoms with Gasteiger partial charge in [-0.3, -0.25) is 19.4 Å². The summed E-state index contributed by atoms with van der Waals surface area (Å²) in [6.07, 6.45) is 0.334. The van der Waals surface area contributed by atoms with Crippen molar-refractivity contribution in [2.24, 2.45) is 15.4 Å². The number of carbonyl (C=O) groups is 3. The molecular formula is C28H19F5N6O4. The number of anilines is 1. The fourth-order valence-electron chi connectivity index (χ4n) is 5.21. The molecule has 0 aliphatic carbocycles. The average molecular weight is 598 g/mol. The summed E-state index contributed by atoms with van der Waals surface area (Å²) in [6.45, 7) is -0.646. The van der Waals surface area contributed by atoms with E-state index in [0.717, 1.165) is 16.1 Å². The molecule has 3 aromatic carbocycles. The smallest absolute Gasteiger partial charge is 0.264 e. The van der Waals surface area contributed by atoms with Crippen LogP contribution >= 0.6 is 0 Å². The van der Waals surface area contributed by atoms with Gasteiger partial charge in [0, 0.05) is 6.42 Å². The number of hydrazone groups is 1. The summed E-state index contributed by atoms with van der Waals surface area (Å²) in [4.78, 5) is 39.6. The molecule has 1 fully saturated rings. The van der Waals surface area contributed by atoms with Gasteiger partial charge in [0.05, 0.1) is 18.9 Å². The SMILES string of the molecule is COc1ccc([C@@H]2CC(c3ccccc3)=NN2C(=O)CN2N=N[C@H]3C(=O)N(c4c(F)c(F)c(F)c(F)c4F)C(=O)[C@@H]32)cc1. The quantitative estimate of drug-likeness (QED) is 0.184. The van der Waals surface area contributed by atoms with E-state index in [1.165, 1.54) is 12.1 Å². The number of carbonyl (C=O) groups excluding carboxylic acids is 3. The number of hydrogen-bond acceptors (Lipinski definition) is 8. The van der Waals surface area contributed by atoms with Crippen molar-refractivity contribution in [1.82, 2.24) is 10.0 Å². The van der Waals surface area contributed by atoms with Gasteiger partial charge in [0.2, 0.25) is 5.82 Å². The molecule has 3 aliphatic rings. The minimum atomic E-state index is -2.45. The van der Waals surface area contributed by atoms with Crippen LogP contribution in [0.2, 0.25) is 0 Å². The first-order valence-electron chi connectivity index (χ1n) is 12.8. The predicted molar refractivity (Wildman–Crippen MR) is 138 cm³/mol. The Morgan fingerprint density at radius 3 is 2.14 bits per heavy atom. The number of halogens is 5. The Hall–Kier alpha value is -5.21. The molecule has 0 saturated carbocycles. The minimum Gasteiger partial charge on any atom is -0.497 e. The van der Waals surface area contributed by atoms with Crippen molar-refractivity contribution in [3.8, 4) is 5.75 Å². The number of imide groups is 1. The average Bonchev–Trinajstić information content (AvgIpc) is 3.72. The Morgan fingerprint density at radius 2 is 1.51 bits per heavy atom. The lowest BCUT2D eigenvalue weighted by Crippen LogP contribution is -2.45. The topological polar surface area (TPSA) is 107 Å². The monoisotopic (exact) mass is 598 g/mol. The molecule has 220 valence electrons. The molecule has 3 atom stereocenters. The van der Waals surface area contributed by atoms with E-state index in [9.17, 15) is 36.3 Å². The van der Waals surface area contributed by atoms with E-state index in [4.69, 9.17) is 4.74 Å². The number of amides is 3. The molecule has 0 radical (unpaired) electrons. The molecule has 6 rings (SSSR count). The van der Waals surface area contributed by atoms with E-state index in [1.54, 1.807) is 24.3 Å². The van der Waals surface area contributed by atoms with Crippen molar-refractivity contribution >= 4 is 29.1 Å². The zero-order valence-corrected chi connectivity index (χ0v) is 22.0. The minimum absolute atomic E-state index is 0.150. The first-order chi connectivity index (χ1) is 20.6. The van der Waals surface area contributed by atoms with Crippen molar-refractivity contribution in [2.75, 3.05) is 18.6 Å². The molecular weight excluding hydrogens is 579 g/mol. The molecule has 3 amide bonds. The number of hydrogen-bond donors (Lipinski definition) is 0. The fraction of sp³-hybridized carbons (Fsp3) is 0.214. The Balaban J connectivity index is 1.29. The fourth-order valence-corrected chi connectivity index (χ4v) is 5.21. The van der Waals surface area contributed by atoms with E-state index in [-0.39, 0.29) is 4.90 Å². The summed E-state index contributed by atoms with van der Waals surface area (Å²) in [5.74, 6) is -14.6. The Kier molecular flexibility index (Phi) is 6.86. The summed E-state index contributed by atoms with van der Waals surface area (Å²) in [6, 6.07) is 12.2. The highest BCUT2D eigenvalue weighted by Gasteiger charge is 2.57. The molecule has 3 aromatic rings. The highest BCUT2D eigenvalue weighted by Crippen LogP contribution is 2.38. The van der Waals surface area contributed by atoms with Crippen molar-refractivity contribution in [3.05, 3.63) is 94.8 Å². The number of benzene rings is 3. The molecule has 43 heavy (non-hydrogen) atoms. The van der Waals surface area contributed by atoms with Gasteiger partial charge in [0.25, 0.3) is 17.7 Å². The third kappa shape index (κ3) is 4.47. The molecule has 10 nitrogen and oxygen atoms in total. The molecule has 3 heterocycles. The maximum Gasteiger partial charge on any atom is 0.264 e. The van der Waals surface area contributed by atoms with Gasteiger partial charge in [0.1, 0.15) is 18.0 Å². The standard InChI is InChI=1S/C28H19F5N6O4/c1-43-15-9-7-14(8-10-15)17-11-16(13-5-3-2-4-6-13)35-39(17)18(40)12-37-26-24(34-36-37)27(41)38(28(26)42)25-22(32)20(30)19(29)21(31)23(25)33/h2-10,17,24,26H,11-12H2,1H3/t17-,24+,26+/m0/s1. The van der Waals surface area contributed by atoms with Crippen LogP contribution in [0.4, 0.5) is 27.6 Å². The zero-order valence-electron chi connectivity index (χ0n) is 22.0. The van der Waals surface area contributed by atoms with Crippen LogP contribution in [0.3, 0.4) is 0 Å². The second-order valence-electron chi connectivity index (χ2n) is 9.77. The molecule has 0 aromatic heterocycles. The second kappa shape index (κ2) is 10.6. The van der Waals surface area contributed by atoms with Gasteiger partial charge in [-0.05, 0) is 23.3 Å². The van der Waals surface area contributed by atoms with Gasteiger partial charge in [0.15, 0.2) is 35.4 Å². The number of ether oxygens (including phenoxy) is 1. The summed E-state index contributed by atoms with van der Waals surface area (Å²) < 4.78 is 75.5. The second-order valence-corrected chi connectivity index (χ2v) is 9.77. The van der Waals surface area contributed by atoms with Crippen LogP contribution in [0.25, 0.3) is 0 Å². The maximum absolute atomic E-state index is 14.5. The van der Waals surface area contributed by atoms with E-state index in [1.807, 2.05) is 30.3 Å². The summed E-state index contributed by atoms with van der Waals surface area (Å²) in [5.41, 5.74) is 0.361. The van der Waals surface area contributed by atoms with Crippen LogP contribution in [-0.2, 0) is 14.4 Å². The number of fused-ring (bicyclic) bond motifs is 1. The third-order valence-corrected chi connectivity index (χ3v) is 7.34. The Morgan fingerprint density at radius 1 is 0.884 bits per heavy atom. The van der Waals surface area contributed by atoms with E-state index in [2.05, 4.69) is 15.4 Å². The molecule has 15 heteroatoms. The van der Waals surface area contributed by atoms with Crippen LogP contribution in [0.1, 0.15) is 23.6 Å². The lowest BCUT2D eigenvalue weighted by atomic mass is 9.98. The molecule has 0 N–H and O–H groups in total. The van der Waals surface area contributed by atoms with E-state index >= 15 is 0 Å². The summed E-state index contributed by atoms with van der Waals surface area (Å²) >= 11 is 0. The number of methoxy groups -OCH3 is 1. The summed E-state index contributed by atoms with van der Waals surface area (Å²) in [5, 5.41) is 14.0. The summed E-state index contributed by atoms with van der Waals surface area (Å²) in [7, 11) is 1.51. The molecule has 0 spiro atoms. The maximum atomic E-state index is 14.5. The van der Waals surface area contributed by atoms with Gasteiger partial charge in [-0.1, -0.05) is 47.7 Å². The normalized spacial score (nSPS) is 21.1. The molecule has 0 bridgehead atoms. The Bertz CT molecular complexity index is 1690.